The van der Waals surface area contributed by atoms with Crippen LogP contribution < -0.4 is 0 Å². The van der Waals surface area contributed by atoms with Crippen molar-refractivity contribution in [3.8, 4) is 0 Å². The second-order valence-electron chi connectivity index (χ2n) is 4.52. The summed E-state index contributed by atoms with van der Waals surface area (Å²) in [5.41, 5.74) is 0. The smallest absolute Gasteiger partial charge is 0.303 e. The van der Waals surface area contributed by atoms with E-state index in [2.05, 4.69) is 0 Å². The van der Waals surface area contributed by atoms with Gasteiger partial charge >= 0.3 is 5.97 Å². The standard InChI is InChI=1S/C11H19NO3.C2H6/c1-8(2)11(15)12-5-3-9(4-6-12)7-10(13)14;1-2/h8-9H,3-7H2,1-2H3,(H,13,14);1-2H3. The number of nitrogens with zero attached hydrogens (tertiary/aromatic N) is 1. The van der Waals surface area contributed by atoms with Gasteiger partial charge in [-0.25, -0.2) is 0 Å². The second kappa shape index (κ2) is 8.09. The molecular weight excluding hydrogens is 218 g/mol. The highest BCUT2D eigenvalue weighted by Gasteiger charge is 2.25. The van der Waals surface area contributed by atoms with E-state index in [4.69, 9.17) is 5.11 Å². The molecule has 0 saturated carbocycles. The predicted molar refractivity (Wildman–Crippen MR) is 67.7 cm³/mol. The maximum atomic E-state index is 11.6. The molecule has 1 saturated heterocycles. The number of hydrogen-bond donors (Lipinski definition) is 1. The Hall–Kier alpha value is -1.06. The summed E-state index contributed by atoms with van der Waals surface area (Å²) in [5.74, 6) is -0.257. The lowest BCUT2D eigenvalue weighted by molar-refractivity contribution is -0.139. The van der Waals surface area contributed by atoms with Crippen molar-refractivity contribution in [2.75, 3.05) is 13.1 Å². The first-order valence-electron chi connectivity index (χ1n) is 6.51. The first-order valence-corrected chi connectivity index (χ1v) is 6.51. The zero-order valence-electron chi connectivity index (χ0n) is 11.4. The van der Waals surface area contributed by atoms with E-state index < -0.39 is 5.97 Å². The van der Waals surface area contributed by atoms with E-state index in [0.29, 0.717) is 0 Å². The van der Waals surface area contributed by atoms with E-state index in [0.717, 1.165) is 25.9 Å². The normalized spacial score (nSPS) is 16.4. The summed E-state index contributed by atoms with van der Waals surface area (Å²) in [5, 5.41) is 8.65. The number of hydrogen-bond acceptors (Lipinski definition) is 2. The summed E-state index contributed by atoms with van der Waals surface area (Å²) in [6.45, 7) is 9.22. The average Bonchev–Trinajstić information content (AvgIpc) is 2.31. The first-order chi connectivity index (χ1) is 8.00. The minimum absolute atomic E-state index is 0.0426. The molecule has 0 aromatic heterocycles. The number of carbonyl (C=O) groups is 2. The van der Waals surface area contributed by atoms with Crippen LogP contribution in [-0.4, -0.2) is 35.0 Å². The lowest BCUT2D eigenvalue weighted by Crippen LogP contribution is -2.40. The van der Waals surface area contributed by atoms with Crippen LogP contribution in [-0.2, 0) is 9.59 Å². The number of likely N-dealkylation sites (tertiary alicyclic amines) is 1. The van der Waals surface area contributed by atoms with E-state index in [1.807, 2.05) is 32.6 Å². The largest absolute Gasteiger partial charge is 0.481 e. The Bertz CT molecular complexity index is 243. The van der Waals surface area contributed by atoms with Gasteiger partial charge in [0.05, 0.1) is 0 Å². The Morgan fingerprint density at radius 3 is 2.06 bits per heavy atom. The minimum atomic E-state index is -0.733. The maximum absolute atomic E-state index is 11.6. The van der Waals surface area contributed by atoms with Crippen molar-refractivity contribution in [3.63, 3.8) is 0 Å². The molecule has 1 amide bonds. The molecule has 1 aliphatic rings. The van der Waals surface area contributed by atoms with Gasteiger partial charge in [-0.1, -0.05) is 27.7 Å². The van der Waals surface area contributed by atoms with Gasteiger partial charge in [-0.15, -0.1) is 0 Å². The average molecular weight is 243 g/mol. The van der Waals surface area contributed by atoms with Crippen LogP contribution in [0.1, 0.15) is 47.0 Å². The van der Waals surface area contributed by atoms with Crippen LogP contribution in [0.25, 0.3) is 0 Å². The summed E-state index contributed by atoms with van der Waals surface area (Å²) >= 11 is 0. The van der Waals surface area contributed by atoms with Crippen molar-refractivity contribution in [1.82, 2.24) is 4.90 Å². The molecule has 1 heterocycles. The predicted octanol–water partition coefficient (Wildman–Crippen LogP) is 2.38. The second-order valence-corrected chi connectivity index (χ2v) is 4.52. The Balaban J connectivity index is 0.00000121. The number of rotatable bonds is 3. The van der Waals surface area contributed by atoms with Crippen LogP contribution in [0.3, 0.4) is 0 Å². The highest BCUT2D eigenvalue weighted by molar-refractivity contribution is 5.78. The molecule has 0 aromatic carbocycles. The zero-order valence-corrected chi connectivity index (χ0v) is 11.4. The molecule has 0 aromatic rings. The van der Waals surface area contributed by atoms with Crippen molar-refractivity contribution < 1.29 is 14.7 Å². The zero-order chi connectivity index (χ0) is 13.4. The van der Waals surface area contributed by atoms with E-state index in [1.165, 1.54) is 0 Å². The van der Waals surface area contributed by atoms with Gasteiger partial charge in [0.15, 0.2) is 0 Å². The van der Waals surface area contributed by atoms with Gasteiger partial charge in [0, 0.05) is 25.4 Å². The minimum Gasteiger partial charge on any atom is -0.481 e. The van der Waals surface area contributed by atoms with Gasteiger partial charge in [-0.3, -0.25) is 9.59 Å². The lowest BCUT2D eigenvalue weighted by atomic mass is 9.93. The summed E-state index contributed by atoms with van der Waals surface area (Å²) in [6.07, 6.45) is 1.89. The fraction of sp³-hybridized carbons (Fsp3) is 0.846. The van der Waals surface area contributed by atoms with E-state index in [-0.39, 0.29) is 24.2 Å². The van der Waals surface area contributed by atoms with Gasteiger partial charge in [-0.05, 0) is 18.8 Å². The van der Waals surface area contributed by atoms with Gasteiger partial charge in [0.2, 0.25) is 5.91 Å². The monoisotopic (exact) mass is 243 g/mol. The summed E-state index contributed by atoms with van der Waals surface area (Å²) in [4.78, 5) is 24.0. The first kappa shape index (κ1) is 15.9. The number of carbonyl (C=O) groups excluding carboxylic acids is 1. The van der Waals surface area contributed by atoms with Crippen LogP contribution in [0, 0.1) is 11.8 Å². The maximum Gasteiger partial charge on any atom is 0.303 e. The Kier molecular flexibility index (Phi) is 7.59. The fourth-order valence-electron chi connectivity index (χ4n) is 1.97. The molecule has 0 unspecified atom stereocenters. The third kappa shape index (κ3) is 5.71. The molecule has 100 valence electrons. The molecule has 1 N–H and O–H groups in total. The molecule has 0 aliphatic carbocycles. The topological polar surface area (TPSA) is 57.6 Å². The van der Waals surface area contributed by atoms with Crippen LogP contribution in [0.15, 0.2) is 0 Å². The van der Waals surface area contributed by atoms with Crippen LogP contribution in [0.5, 0.6) is 0 Å². The lowest BCUT2D eigenvalue weighted by Gasteiger charge is -2.32. The molecule has 0 bridgehead atoms. The fourth-order valence-corrected chi connectivity index (χ4v) is 1.97. The van der Waals surface area contributed by atoms with Crippen molar-refractivity contribution >= 4 is 11.9 Å². The number of aliphatic carboxylic acids is 1. The summed E-state index contributed by atoms with van der Waals surface area (Å²) in [6, 6.07) is 0. The third-order valence-electron chi connectivity index (χ3n) is 2.88. The number of piperidine rings is 1. The number of amides is 1. The Morgan fingerprint density at radius 1 is 1.24 bits per heavy atom. The van der Waals surface area contributed by atoms with Crippen molar-refractivity contribution in [2.45, 2.75) is 47.0 Å². The molecule has 1 rings (SSSR count). The Labute approximate surface area is 104 Å². The molecule has 0 radical (unpaired) electrons. The third-order valence-corrected chi connectivity index (χ3v) is 2.88. The van der Waals surface area contributed by atoms with Crippen LogP contribution >= 0.6 is 0 Å². The SMILES string of the molecule is CC.CC(C)C(=O)N1CCC(CC(=O)O)CC1. The van der Waals surface area contributed by atoms with Gasteiger partial charge in [0.25, 0.3) is 0 Å². The van der Waals surface area contributed by atoms with E-state index in [9.17, 15) is 9.59 Å². The molecular formula is C13H25NO3. The molecule has 4 heteroatoms. The molecule has 17 heavy (non-hydrogen) atoms. The van der Waals surface area contributed by atoms with Gasteiger partial charge in [0.1, 0.15) is 0 Å². The van der Waals surface area contributed by atoms with Crippen LogP contribution in [0.2, 0.25) is 0 Å². The molecule has 0 spiro atoms. The molecule has 1 fully saturated rings. The number of carboxylic acids is 1. The van der Waals surface area contributed by atoms with Crippen molar-refractivity contribution in [2.24, 2.45) is 11.8 Å². The van der Waals surface area contributed by atoms with Gasteiger partial charge < -0.3 is 10.0 Å². The van der Waals surface area contributed by atoms with Crippen molar-refractivity contribution in [1.29, 1.82) is 0 Å². The summed E-state index contributed by atoms with van der Waals surface area (Å²) < 4.78 is 0. The highest BCUT2D eigenvalue weighted by atomic mass is 16.4. The van der Waals surface area contributed by atoms with Crippen LogP contribution in [0.4, 0.5) is 0 Å². The summed E-state index contributed by atoms with van der Waals surface area (Å²) in [7, 11) is 0. The molecule has 0 atom stereocenters. The molecule has 1 aliphatic heterocycles. The Morgan fingerprint density at radius 2 is 1.71 bits per heavy atom. The van der Waals surface area contributed by atoms with Gasteiger partial charge in [-0.2, -0.15) is 0 Å². The highest BCUT2D eigenvalue weighted by Crippen LogP contribution is 2.21. The number of carboxylic acid groups (broad SMARTS) is 1. The van der Waals surface area contributed by atoms with Crippen molar-refractivity contribution in [3.05, 3.63) is 0 Å². The molecule has 4 nitrogen and oxygen atoms in total. The van der Waals surface area contributed by atoms with E-state index in [1.54, 1.807) is 0 Å². The quantitative estimate of drug-likeness (QED) is 0.828. The van der Waals surface area contributed by atoms with E-state index >= 15 is 0 Å².